The third kappa shape index (κ3) is 1.93. The molecule has 3 nitrogen and oxygen atoms in total. The van der Waals surface area contributed by atoms with E-state index in [-0.39, 0.29) is 11.8 Å². The summed E-state index contributed by atoms with van der Waals surface area (Å²) in [4.78, 5) is 0. The molecule has 0 amide bonds. The molecule has 13 heavy (non-hydrogen) atoms. The van der Waals surface area contributed by atoms with Gasteiger partial charge >= 0.3 is 0 Å². The Labute approximate surface area is 78.7 Å². The third-order valence-corrected chi connectivity index (χ3v) is 2.74. The normalized spacial score (nSPS) is 45.6. The highest BCUT2D eigenvalue weighted by Crippen LogP contribution is 2.30. The van der Waals surface area contributed by atoms with Gasteiger partial charge in [-0.05, 0) is 12.8 Å². The van der Waals surface area contributed by atoms with Crippen LogP contribution in [0.15, 0.2) is 12.2 Å². The minimum atomic E-state index is -1.30. The van der Waals surface area contributed by atoms with Crippen LogP contribution in [0, 0.1) is 11.8 Å². The van der Waals surface area contributed by atoms with Crippen LogP contribution in [0.2, 0.25) is 0 Å². The van der Waals surface area contributed by atoms with Crippen molar-refractivity contribution in [1.82, 2.24) is 0 Å². The molecule has 4 atom stereocenters. The van der Waals surface area contributed by atoms with Gasteiger partial charge < -0.3 is 15.3 Å². The lowest BCUT2D eigenvalue weighted by Crippen LogP contribution is -2.52. The van der Waals surface area contributed by atoms with Gasteiger partial charge in [-0.15, -0.1) is 0 Å². The second-order valence-corrected chi connectivity index (χ2v) is 4.34. The van der Waals surface area contributed by atoms with Crippen molar-refractivity contribution in [2.45, 2.75) is 38.6 Å². The Morgan fingerprint density at radius 3 is 2.31 bits per heavy atom. The second-order valence-electron chi connectivity index (χ2n) is 4.34. The lowest BCUT2D eigenvalue weighted by molar-refractivity contribution is -0.115. The van der Waals surface area contributed by atoms with Gasteiger partial charge in [0, 0.05) is 5.92 Å². The van der Waals surface area contributed by atoms with E-state index in [2.05, 4.69) is 0 Å². The summed E-state index contributed by atoms with van der Waals surface area (Å²) in [5, 5.41) is 28.9. The van der Waals surface area contributed by atoms with Crippen LogP contribution in [0.4, 0.5) is 0 Å². The highest BCUT2D eigenvalue weighted by Gasteiger charge is 2.41. The predicted molar refractivity (Wildman–Crippen MR) is 50.1 cm³/mol. The molecule has 0 saturated carbocycles. The molecule has 0 spiro atoms. The molecule has 0 unspecified atom stereocenters. The van der Waals surface area contributed by atoms with Crippen molar-refractivity contribution < 1.29 is 15.3 Å². The molecule has 0 heterocycles. The molecule has 3 heteroatoms. The maximum Gasteiger partial charge on any atom is 0.112 e. The summed E-state index contributed by atoms with van der Waals surface area (Å²) in [6.45, 7) is 5.45. The van der Waals surface area contributed by atoms with Gasteiger partial charge in [-0.1, -0.05) is 26.0 Å². The van der Waals surface area contributed by atoms with Gasteiger partial charge in [-0.25, -0.2) is 0 Å². The molecule has 0 aliphatic heterocycles. The first kappa shape index (κ1) is 10.7. The van der Waals surface area contributed by atoms with Crippen LogP contribution in [0.3, 0.4) is 0 Å². The summed E-state index contributed by atoms with van der Waals surface area (Å²) in [6.07, 6.45) is 1.38. The van der Waals surface area contributed by atoms with Crippen molar-refractivity contribution in [3.05, 3.63) is 12.2 Å². The molecule has 0 aromatic carbocycles. The summed E-state index contributed by atoms with van der Waals surface area (Å²) in [7, 11) is 0. The zero-order chi connectivity index (χ0) is 10.2. The van der Waals surface area contributed by atoms with Crippen LogP contribution >= 0.6 is 0 Å². The van der Waals surface area contributed by atoms with Crippen molar-refractivity contribution in [1.29, 1.82) is 0 Å². The molecular formula is C10H18O3. The van der Waals surface area contributed by atoms with Gasteiger partial charge in [0.05, 0.1) is 6.10 Å². The zero-order valence-electron chi connectivity index (χ0n) is 8.31. The molecule has 0 bridgehead atoms. The van der Waals surface area contributed by atoms with Crippen molar-refractivity contribution in [3.63, 3.8) is 0 Å². The van der Waals surface area contributed by atoms with E-state index in [4.69, 9.17) is 0 Å². The fraction of sp³-hybridized carbons (Fsp3) is 0.800. The monoisotopic (exact) mass is 186 g/mol. The topological polar surface area (TPSA) is 60.7 Å². The molecule has 76 valence electrons. The lowest BCUT2D eigenvalue weighted by atomic mass is 9.77. The van der Waals surface area contributed by atoms with Crippen LogP contribution in [0.25, 0.3) is 0 Å². The van der Waals surface area contributed by atoms with E-state index < -0.39 is 17.8 Å². The van der Waals surface area contributed by atoms with Gasteiger partial charge in [0.1, 0.15) is 11.7 Å². The minimum absolute atomic E-state index is 0.0739. The van der Waals surface area contributed by atoms with E-state index in [1.54, 1.807) is 12.2 Å². The van der Waals surface area contributed by atoms with Crippen LogP contribution in [-0.4, -0.2) is 33.1 Å². The molecule has 0 radical (unpaired) electrons. The molecule has 3 N–H and O–H groups in total. The van der Waals surface area contributed by atoms with E-state index in [0.717, 1.165) is 0 Å². The first-order valence-electron chi connectivity index (χ1n) is 4.64. The summed E-state index contributed by atoms with van der Waals surface area (Å²) in [5.41, 5.74) is -1.30. The Morgan fingerprint density at radius 1 is 1.31 bits per heavy atom. The van der Waals surface area contributed by atoms with E-state index in [0.29, 0.717) is 0 Å². The standard InChI is InChI=1S/C10H18O3/c1-6(2)7-4-5-10(3,13)9(12)8(7)11/h4-9,11-13H,1-3H3/t7-,8-,9-,10+/m1/s1. The van der Waals surface area contributed by atoms with Crippen molar-refractivity contribution in [3.8, 4) is 0 Å². The number of aliphatic hydroxyl groups excluding tert-OH is 2. The van der Waals surface area contributed by atoms with Crippen LogP contribution in [-0.2, 0) is 0 Å². The maximum absolute atomic E-state index is 9.68. The molecule has 0 aromatic rings. The SMILES string of the molecule is CC(C)[C@H]1C=C[C@](C)(O)[C@H](O)[C@@H]1O. The van der Waals surface area contributed by atoms with E-state index >= 15 is 0 Å². The lowest BCUT2D eigenvalue weighted by Gasteiger charge is -2.38. The maximum atomic E-state index is 9.68. The minimum Gasteiger partial charge on any atom is -0.390 e. The van der Waals surface area contributed by atoms with Gasteiger partial charge in [0.15, 0.2) is 0 Å². The van der Waals surface area contributed by atoms with Gasteiger partial charge in [0.25, 0.3) is 0 Å². The average Bonchev–Trinajstić information content (AvgIpc) is 2.00. The molecule has 0 saturated heterocycles. The van der Waals surface area contributed by atoms with Gasteiger partial charge in [-0.3, -0.25) is 0 Å². The van der Waals surface area contributed by atoms with Gasteiger partial charge in [0.2, 0.25) is 0 Å². The highest BCUT2D eigenvalue weighted by atomic mass is 16.4. The summed E-state index contributed by atoms with van der Waals surface area (Å²) in [5.74, 6) is 0.187. The summed E-state index contributed by atoms with van der Waals surface area (Å²) >= 11 is 0. The third-order valence-electron chi connectivity index (χ3n) is 2.74. The average molecular weight is 186 g/mol. The first-order chi connectivity index (χ1) is 5.86. The molecule has 0 aromatic heterocycles. The van der Waals surface area contributed by atoms with Crippen molar-refractivity contribution in [2.24, 2.45) is 11.8 Å². The number of hydrogen-bond acceptors (Lipinski definition) is 3. The van der Waals surface area contributed by atoms with Crippen LogP contribution in [0.5, 0.6) is 0 Å². The number of hydrogen-bond donors (Lipinski definition) is 3. The number of rotatable bonds is 1. The van der Waals surface area contributed by atoms with Crippen LogP contribution < -0.4 is 0 Å². The Bertz CT molecular complexity index is 208. The highest BCUT2D eigenvalue weighted by molar-refractivity contribution is 5.14. The quantitative estimate of drug-likeness (QED) is 0.516. The Balaban J connectivity index is 2.87. The summed E-state index contributed by atoms with van der Waals surface area (Å²) < 4.78 is 0. The fourth-order valence-electron chi connectivity index (χ4n) is 1.69. The molecule has 1 rings (SSSR count). The largest absolute Gasteiger partial charge is 0.390 e. The van der Waals surface area contributed by atoms with Crippen LogP contribution in [0.1, 0.15) is 20.8 Å². The molecule has 0 fully saturated rings. The van der Waals surface area contributed by atoms with E-state index in [9.17, 15) is 15.3 Å². The first-order valence-corrected chi connectivity index (χ1v) is 4.64. The molecule has 1 aliphatic rings. The Hall–Kier alpha value is -0.380. The fourth-order valence-corrected chi connectivity index (χ4v) is 1.69. The Kier molecular flexibility index (Phi) is 2.80. The Morgan fingerprint density at radius 2 is 1.85 bits per heavy atom. The number of aliphatic hydroxyl groups is 3. The predicted octanol–water partition coefficient (Wildman–Crippen LogP) is 0.301. The molecular weight excluding hydrogens is 168 g/mol. The summed E-state index contributed by atoms with van der Waals surface area (Å²) in [6, 6.07) is 0. The van der Waals surface area contributed by atoms with E-state index in [1.807, 2.05) is 13.8 Å². The van der Waals surface area contributed by atoms with Crippen molar-refractivity contribution in [2.75, 3.05) is 0 Å². The smallest absolute Gasteiger partial charge is 0.112 e. The zero-order valence-corrected chi connectivity index (χ0v) is 8.31. The van der Waals surface area contributed by atoms with Crippen molar-refractivity contribution >= 4 is 0 Å². The second kappa shape index (κ2) is 3.40. The van der Waals surface area contributed by atoms with Gasteiger partial charge in [-0.2, -0.15) is 0 Å². The molecule has 1 aliphatic carbocycles. The van der Waals surface area contributed by atoms with E-state index in [1.165, 1.54) is 6.92 Å².